The summed E-state index contributed by atoms with van der Waals surface area (Å²) in [5.41, 5.74) is 4.52. The summed E-state index contributed by atoms with van der Waals surface area (Å²) in [5, 5.41) is 3.68. The van der Waals surface area contributed by atoms with Crippen molar-refractivity contribution in [1.82, 2.24) is 5.32 Å². The molecule has 0 aliphatic carbocycles. The molecular weight excluding hydrogens is 338 g/mol. The molecular formula is C23H25NO3. The first-order chi connectivity index (χ1) is 13.2. The zero-order chi connectivity index (χ0) is 18.8. The van der Waals surface area contributed by atoms with Crippen molar-refractivity contribution in [1.29, 1.82) is 0 Å². The zero-order valence-corrected chi connectivity index (χ0v) is 15.9. The summed E-state index contributed by atoms with van der Waals surface area (Å²) in [6.45, 7) is 2.77. The standard InChI is InChI=1S/C23H25NO3/c1-15-8-10-16(11-9-15)22-21(23(25)24-2)20-17-7-5-3-4-6-14-26-18(17)12-13-19(20)27-22/h8-13H,3-7,14H2,1-2H3,(H,24,25). The monoisotopic (exact) mass is 363 g/mol. The van der Waals surface area contributed by atoms with Crippen LogP contribution in [0.15, 0.2) is 40.8 Å². The van der Waals surface area contributed by atoms with Gasteiger partial charge < -0.3 is 14.5 Å². The molecule has 140 valence electrons. The van der Waals surface area contributed by atoms with E-state index in [1.807, 2.05) is 43.3 Å². The maximum Gasteiger partial charge on any atom is 0.255 e. The van der Waals surface area contributed by atoms with E-state index in [9.17, 15) is 4.79 Å². The van der Waals surface area contributed by atoms with Gasteiger partial charge in [0.2, 0.25) is 0 Å². The van der Waals surface area contributed by atoms with E-state index >= 15 is 0 Å². The number of hydrogen-bond donors (Lipinski definition) is 1. The number of rotatable bonds is 2. The molecule has 1 aliphatic heterocycles. The Bertz CT molecular complexity index is 969. The second-order valence-corrected chi connectivity index (χ2v) is 7.18. The van der Waals surface area contributed by atoms with Crippen LogP contribution in [-0.4, -0.2) is 19.6 Å². The third kappa shape index (κ3) is 3.32. The quantitative estimate of drug-likeness (QED) is 0.675. The number of hydrogen-bond acceptors (Lipinski definition) is 3. The Kier molecular flexibility index (Phi) is 4.88. The van der Waals surface area contributed by atoms with Gasteiger partial charge in [-0.3, -0.25) is 4.79 Å². The van der Waals surface area contributed by atoms with Gasteiger partial charge in [0.1, 0.15) is 17.1 Å². The minimum absolute atomic E-state index is 0.127. The molecule has 0 unspecified atom stereocenters. The van der Waals surface area contributed by atoms with Crippen molar-refractivity contribution in [3.8, 4) is 17.1 Å². The Morgan fingerprint density at radius 2 is 1.78 bits per heavy atom. The molecule has 2 aromatic carbocycles. The van der Waals surface area contributed by atoms with Gasteiger partial charge in [-0.1, -0.05) is 42.7 Å². The molecule has 0 bridgehead atoms. The van der Waals surface area contributed by atoms with Crippen molar-refractivity contribution in [3.05, 3.63) is 53.1 Å². The topological polar surface area (TPSA) is 51.5 Å². The van der Waals surface area contributed by atoms with Crippen LogP contribution in [0, 0.1) is 6.92 Å². The van der Waals surface area contributed by atoms with Gasteiger partial charge in [0.25, 0.3) is 5.91 Å². The molecule has 1 aromatic heterocycles. The molecule has 4 nitrogen and oxygen atoms in total. The van der Waals surface area contributed by atoms with Crippen LogP contribution in [-0.2, 0) is 6.42 Å². The van der Waals surface area contributed by atoms with Crippen LogP contribution in [0.2, 0.25) is 0 Å². The lowest BCUT2D eigenvalue weighted by atomic mass is 9.96. The smallest absolute Gasteiger partial charge is 0.255 e. The number of carbonyl (C=O) groups excluding carboxylic acids is 1. The summed E-state index contributed by atoms with van der Waals surface area (Å²) >= 11 is 0. The Morgan fingerprint density at radius 1 is 1.00 bits per heavy atom. The molecule has 0 atom stereocenters. The molecule has 4 heteroatoms. The van der Waals surface area contributed by atoms with E-state index in [0.717, 1.165) is 53.7 Å². The lowest BCUT2D eigenvalue weighted by molar-refractivity contribution is 0.0964. The van der Waals surface area contributed by atoms with Crippen LogP contribution < -0.4 is 10.1 Å². The number of fused-ring (bicyclic) bond motifs is 3. The Morgan fingerprint density at radius 3 is 2.56 bits per heavy atom. The van der Waals surface area contributed by atoms with Crippen LogP contribution >= 0.6 is 0 Å². The van der Waals surface area contributed by atoms with Gasteiger partial charge in [-0.25, -0.2) is 0 Å². The highest BCUT2D eigenvalue weighted by molar-refractivity contribution is 6.12. The zero-order valence-electron chi connectivity index (χ0n) is 15.9. The number of ether oxygens (including phenoxy) is 1. The summed E-state index contributed by atoms with van der Waals surface area (Å²) < 4.78 is 12.2. The summed E-state index contributed by atoms with van der Waals surface area (Å²) in [6.07, 6.45) is 5.41. The summed E-state index contributed by atoms with van der Waals surface area (Å²) in [7, 11) is 1.66. The Labute approximate surface area is 159 Å². The number of benzene rings is 2. The molecule has 0 fully saturated rings. The fourth-order valence-electron chi connectivity index (χ4n) is 3.81. The van der Waals surface area contributed by atoms with Crippen LogP contribution in [0.4, 0.5) is 0 Å². The first-order valence-corrected chi connectivity index (χ1v) is 9.69. The van der Waals surface area contributed by atoms with Crippen LogP contribution in [0.5, 0.6) is 5.75 Å². The van der Waals surface area contributed by atoms with Crippen LogP contribution in [0.25, 0.3) is 22.3 Å². The second kappa shape index (κ2) is 7.47. The maximum absolute atomic E-state index is 12.8. The SMILES string of the molecule is CNC(=O)c1c(-c2ccc(C)cc2)oc2ccc3c(c12)CCCCCCO3. The van der Waals surface area contributed by atoms with Gasteiger partial charge in [0, 0.05) is 23.6 Å². The van der Waals surface area contributed by atoms with Gasteiger partial charge in [-0.05, 0) is 38.3 Å². The van der Waals surface area contributed by atoms with Gasteiger partial charge in [-0.2, -0.15) is 0 Å². The van der Waals surface area contributed by atoms with Crippen molar-refractivity contribution >= 4 is 16.9 Å². The molecule has 2 heterocycles. The molecule has 1 amide bonds. The molecule has 4 rings (SSSR count). The highest BCUT2D eigenvalue weighted by atomic mass is 16.5. The van der Waals surface area contributed by atoms with Crippen molar-refractivity contribution < 1.29 is 13.9 Å². The Balaban J connectivity index is 1.97. The van der Waals surface area contributed by atoms with Gasteiger partial charge in [0.05, 0.1) is 12.2 Å². The first-order valence-electron chi connectivity index (χ1n) is 9.69. The number of nitrogens with one attached hydrogen (secondary N) is 1. The summed E-state index contributed by atoms with van der Waals surface area (Å²) in [4.78, 5) is 12.8. The molecule has 27 heavy (non-hydrogen) atoms. The van der Waals surface area contributed by atoms with Gasteiger partial charge in [-0.15, -0.1) is 0 Å². The van der Waals surface area contributed by atoms with E-state index in [1.54, 1.807) is 7.05 Å². The van der Waals surface area contributed by atoms with E-state index in [1.165, 1.54) is 18.4 Å². The number of carbonyl (C=O) groups is 1. The lowest BCUT2D eigenvalue weighted by Gasteiger charge is -2.11. The van der Waals surface area contributed by atoms with E-state index in [-0.39, 0.29) is 5.91 Å². The minimum atomic E-state index is -0.127. The normalized spacial score (nSPS) is 14.6. The molecule has 1 N–H and O–H groups in total. The molecule has 0 saturated carbocycles. The predicted molar refractivity (Wildman–Crippen MR) is 107 cm³/mol. The highest BCUT2D eigenvalue weighted by Gasteiger charge is 2.25. The average Bonchev–Trinajstić information content (AvgIpc) is 3.11. The van der Waals surface area contributed by atoms with E-state index in [4.69, 9.17) is 9.15 Å². The number of aryl methyl sites for hydroxylation is 2. The van der Waals surface area contributed by atoms with E-state index in [2.05, 4.69) is 5.32 Å². The van der Waals surface area contributed by atoms with Crippen molar-refractivity contribution in [3.63, 3.8) is 0 Å². The minimum Gasteiger partial charge on any atom is -0.493 e. The van der Waals surface area contributed by atoms with Crippen molar-refractivity contribution in [2.75, 3.05) is 13.7 Å². The van der Waals surface area contributed by atoms with Gasteiger partial charge >= 0.3 is 0 Å². The van der Waals surface area contributed by atoms with E-state index in [0.29, 0.717) is 11.3 Å². The molecule has 1 aliphatic rings. The second-order valence-electron chi connectivity index (χ2n) is 7.18. The summed E-state index contributed by atoms with van der Waals surface area (Å²) in [5.74, 6) is 1.38. The number of amides is 1. The predicted octanol–water partition coefficient (Wildman–Crippen LogP) is 5.26. The third-order valence-corrected chi connectivity index (χ3v) is 5.27. The van der Waals surface area contributed by atoms with Gasteiger partial charge in [0.15, 0.2) is 0 Å². The van der Waals surface area contributed by atoms with Crippen molar-refractivity contribution in [2.45, 2.75) is 39.0 Å². The van der Waals surface area contributed by atoms with E-state index < -0.39 is 0 Å². The highest BCUT2D eigenvalue weighted by Crippen LogP contribution is 2.40. The first kappa shape index (κ1) is 17.7. The molecule has 3 aromatic rings. The molecule has 0 saturated heterocycles. The third-order valence-electron chi connectivity index (χ3n) is 5.27. The van der Waals surface area contributed by atoms with Crippen molar-refractivity contribution in [2.24, 2.45) is 0 Å². The maximum atomic E-state index is 12.8. The Hall–Kier alpha value is -2.75. The molecule has 0 spiro atoms. The average molecular weight is 363 g/mol. The fraction of sp³-hybridized carbons (Fsp3) is 0.348. The van der Waals surface area contributed by atoms with Crippen LogP contribution in [0.1, 0.15) is 47.2 Å². The summed E-state index contributed by atoms with van der Waals surface area (Å²) in [6, 6.07) is 12.0. The molecule has 0 radical (unpaired) electrons. The van der Waals surface area contributed by atoms with Crippen LogP contribution in [0.3, 0.4) is 0 Å². The fourth-order valence-corrected chi connectivity index (χ4v) is 3.81. The lowest BCUT2D eigenvalue weighted by Crippen LogP contribution is -2.18. The largest absolute Gasteiger partial charge is 0.493 e. The number of furan rings is 1.